The molecule has 0 aliphatic heterocycles. The van der Waals surface area contributed by atoms with Crippen LogP contribution in [0.4, 0.5) is 13.2 Å². The number of benzene rings is 1. The highest BCUT2D eigenvalue weighted by atomic mass is 19.4. The molecule has 100 valence electrons. The van der Waals surface area contributed by atoms with E-state index in [4.69, 9.17) is 15.7 Å². The lowest BCUT2D eigenvalue weighted by Gasteiger charge is -2.09. The van der Waals surface area contributed by atoms with Gasteiger partial charge in [0.15, 0.2) is 0 Å². The molecule has 1 aromatic rings. The van der Waals surface area contributed by atoms with Crippen LogP contribution in [0.25, 0.3) is 0 Å². The van der Waals surface area contributed by atoms with Crippen LogP contribution in [0.3, 0.4) is 0 Å². The number of rotatable bonds is 5. The maximum absolute atomic E-state index is 12.3. The van der Waals surface area contributed by atoms with E-state index >= 15 is 0 Å². The van der Waals surface area contributed by atoms with Crippen LogP contribution in [-0.4, -0.2) is 17.6 Å². The van der Waals surface area contributed by atoms with Gasteiger partial charge in [0.1, 0.15) is 11.6 Å². The van der Waals surface area contributed by atoms with Crippen molar-refractivity contribution < 1.29 is 23.1 Å². The molecular formula is C11H13F3N2O2. The predicted octanol–water partition coefficient (Wildman–Crippen LogP) is 2.61. The van der Waals surface area contributed by atoms with Crippen LogP contribution in [0.2, 0.25) is 0 Å². The lowest BCUT2D eigenvalue weighted by Crippen LogP contribution is -2.12. The fourth-order valence-corrected chi connectivity index (χ4v) is 1.23. The maximum Gasteiger partial charge on any atom is 0.416 e. The van der Waals surface area contributed by atoms with Gasteiger partial charge in [0, 0.05) is 6.42 Å². The standard InChI is InChI=1S/C11H13F3N2O2/c12-11(13,14)8-3-5-9(6-4-8)18-7-1-2-10(15)16-17/h3-6,17H,1-2,7H2,(H2,15,16). The summed E-state index contributed by atoms with van der Waals surface area (Å²) in [5.41, 5.74) is 4.52. The second-order valence-corrected chi connectivity index (χ2v) is 3.57. The molecular weight excluding hydrogens is 249 g/mol. The third kappa shape index (κ3) is 4.52. The van der Waals surface area contributed by atoms with Gasteiger partial charge in [-0.3, -0.25) is 0 Å². The molecule has 0 radical (unpaired) electrons. The van der Waals surface area contributed by atoms with Gasteiger partial charge in [-0.1, -0.05) is 5.16 Å². The van der Waals surface area contributed by atoms with Crippen LogP contribution < -0.4 is 10.5 Å². The van der Waals surface area contributed by atoms with Gasteiger partial charge in [-0.05, 0) is 30.7 Å². The second kappa shape index (κ2) is 6.13. The third-order valence-electron chi connectivity index (χ3n) is 2.16. The first-order valence-corrected chi connectivity index (χ1v) is 5.20. The van der Waals surface area contributed by atoms with Crippen LogP contribution in [0.15, 0.2) is 29.4 Å². The van der Waals surface area contributed by atoms with Crippen molar-refractivity contribution in [2.45, 2.75) is 19.0 Å². The van der Waals surface area contributed by atoms with Crippen LogP contribution in [0, 0.1) is 0 Å². The molecule has 0 saturated carbocycles. The Balaban J connectivity index is 2.40. The summed E-state index contributed by atoms with van der Waals surface area (Å²) in [5.74, 6) is 0.438. The van der Waals surface area contributed by atoms with Crippen molar-refractivity contribution >= 4 is 5.84 Å². The molecule has 0 aromatic heterocycles. The molecule has 4 nitrogen and oxygen atoms in total. The Morgan fingerprint density at radius 1 is 1.28 bits per heavy atom. The van der Waals surface area contributed by atoms with Crippen LogP contribution >= 0.6 is 0 Å². The van der Waals surface area contributed by atoms with Crippen LogP contribution in [0.5, 0.6) is 5.75 Å². The molecule has 0 aliphatic carbocycles. The second-order valence-electron chi connectivity index (χ2n) is 3.57. The van der Waals surface area contributed by atoms with Gasteiger partial charge in [0.25, 0.3) is 0 Å². The summed E-state index contributed by atoms with van der Waals surface area (Å²) in [6.45, 7) is 0.279. The van der Waals surface area contributed by atoms with E-state index in [2.05, 4.69) is 5.16 Å². The van der Waals surface area contributed by atoms with Gasteiger partial charge < -0.3 is 15.7 Å². The molecule has 0 amide bonds. The Labute approximate surface area is 102 Å². The summed E-state index contributed by atoms with van der Waals surface area (Å²) in [5, 5.41) is 11.1. The number of alkyl halides is 3. The number of halogens is 3. The summed E-state index contributed by atoms with van der Waals surface area (Å²) in [7, 11) is 0. The van der Waals surface area contributed by atoms with E-state index in [1.54, 1.807) is 0 Å². The lowest BCUT2D eigenvalue weighted by molar-refractivity contribution is -0.137. The van der Waals surface area contributed by atoms with Crippen molar-refractivity contribution in [2.24, 2.45) is 10.9 Å². The van der Waals surface area contributed by atoms with Gasteiger partial charge in [-0.2, -0.15) is 13.2 Å². The van der Waals surface area contributed by atoms with Crippen molar-refractivity contribution in [3.8, 4) is 5.75 Å². The SMILES string of the molecule is N/C(CCCOc1ccc(C(F)(F)F)cc1)=N\O. The first kappa shape index (κ1) is 14.1. The summed E-state index contributed by atoms with van der Waals surface area (Å²) in [4.78, 5) is 0. The van der Waals surface area contributed by atoms with Crippen molar-refractivity contribution in [1.29, 1.82) is 0 Å². The minimum Gasteiger partial charge on any atom is -0.494 e. The van der Waals surface area contributed by atoms with E-state index in [0.29, 0.717) is 18.6 Å². The van der Waals surface area contributed by atoms with Crippen molar-refractivity contribution in [2.75, 3.05) is 6.61 Å². The van der Waals surface area contributed by atoms with Crippen LogP contribution in [0.1, 0.15) is 18.4 Å². The molecule has 0 saturated heterocycles. The molecule has 0 fully saturated rings. The molecule has 1 aromatic carbocycles. The summed E-state index contributed by atoms with van der Waals surface area (Å²) in [6, 6.07) is 4.43. The number of hydrogen-bond donors (Lipinski definition) is 2. The Morgan fingerprint density at radius 3 is 2.39 bits per heavy atom. The molecule has 1 rings (SSSR count). The smallest absolute Gasteiger partial charge is 0.416 e. The van der Waals surface area contributed by atoms with E-state index < -0.39 is 11.7 Å². The van der Waals surface area contributed by atoms with Crippen molar-refractivity contribution in [3.05, 3.63) is 29.8 Å². The van der Waals surface area contributed by atoms with E-state index in [1.807, 2.05) is 0 Å². The maximum atomic E-state index is 12.3. The van der Waals surface area contributed by atoms with Gasteiger partial charge in [-0.25, -0.2) is 0 Å². The van der Waals surface area contributed by atoms with E-state index in [9.17, 15) is 13.2 Å². The van der Waals surface area contributed by atoms with Gasteiger partial charge in [-0.15, -0.1) is 0 Å². The zero-order valence-electron chi connectivity index (χ0n) is 9.44. The number of amidine groups is 1. The molecule has 7 heteroatoms. The van der Waals surface area contributed by atoms with E-state index in [-0.39, 0.29) is 12.4 Å². The van der Waals surface area contributed by atoms with Crippen molar-refractivity contribution in [3.63, 3.8) is 0 Å². The van der Waals surface area contributed by atoms with Gasteiger partial charge >= 0.3 is 6.18 Å². The zero-order valence-corrected chi connectivity index (χ0v) is 9.44. The number of oxime groups is 1. The minimum absolute atomic E-state index is 0.0889. The molecule has 0 heterocycles. The molecule has 18 heavy (non-hydrogen) atoms. The van der Waals surface area contributed by atoms with Crippen molar-refractivity contribution in [1.82, 2.24) is 0 Å². The molecule has 0 spiro atoms. The molecule has 0 bridgehead atoms. The van der Waals surface area contributed by atoms with E-state index in [1.165, 1.54) is 12.1 Å². The Morgan fingerprint density at radius 2 is 1.89 bits per heavy atom. The molecule has 0 aliphatic rings. The first-order chi connectivity index (χ1) is 8.43. The highest BCUT2D eigenvalue weighted by Crippen LogP contribution is 2.30. The lowest BCUT2D eigenvalue weighted by atomic mass is 10.2. The average molecular weight is 262 g/mol. The average Bonchev–Trinajstić information content (AvgIpc) is 2.33. The number of nitrogens with zero attached hydrogens (tertiary/aromatic N) is 1. The number of nitrogens with two attached hydrogens (primary N) is 1. The Kier molecular flexibility index (Phi) is 4.82. The number of hydrogen-bond acceptors (Lipinski definition) is 3. The highest BCUT2D eigenvalue weighted by molar-refractivity contribution is 5.79. The fraction of sp³-hybridized carbons (Fsp3) is 0.364. The third-order valence-corrected chi connectivity index (χ3v) is 2.16. The Hall–Kier alpha value is -1.92. The number of ether oxygens (including phenoxy) is 1. The van der Waals surface area contributed by atoms with Crippen LogP contribution in [-0.2, 0) is 6.18 Å². The highest BCUT2D eigenvalue weighted by Gasteiger charge is 2.29. The normalized spacial score (nSPS) is 12.5. The topological polar surface area (TPSA) is 67.8 Å². The molecule has 3 N–H and O–H groups in total. The zero-order chi connectivity index (χ0) is 13.6. The largest absolute Gasteiger partial charge is 0.494 e. The summed E-state index contributed by atoms with van der Waals surface area (Å²) < 4.78 is 42.0. The van der Waals surface area contributed by atoms with Gasteiger partial charge in [0.2, 0.25) is 0 Å². The van der Waals surface area contributed by atoms with Gasteiger partial charge in [0.05, 0.1) is 12.2 Å². The first-order valence-electron chi connectivity index (χ1n) is 5.20. The quantitative estimate of drug-likeness (QED) is 0.282. The van der Waals surface area contributed by atoms with E-state index in [0.717, 1.165) is 12.1 Å². The monoisotopic (exact) mass is 262 g/mol. The summed E-state index contributed by atoms with van der Waals surface area (Å²) in [6.07, 6.45) is -3.47. The minimum atomic E-state index is -4.34. The fourth-order valence-electron chi connectivity index (χ4n) is 1.23. The summed E-state index contributed by atoms with van der Waals surface area (Å²) >= 11 is 0. The Bertz CT molecular complexity index is 402. The molecule has 0 unspecified atom stereocenters. The predicted molar refractivity (Wildman–Crippen MR) is 59.6 cm³/mol. The molecule has 0 atom stereocenters.